The lowest BCUT2D eigenvalue weighted by molar-refractivity contribution is -0.132. The summed E-state index contributed by atoms with van der Waals surface area (Å²) >= 11 is 5.84. The maximum atomic E-state index is 12.9. The number of fused-ring (bicyclic) bond motifs is 1. The number of urea groups is 1. The summed E-state index contributed by atoms with van der Waals surface area (Å²) in [5.74, 6) is -0.666. The van der Waals surface area contributed by atoms with Crippen LogP contribution in [0.2, 0.25) is 5.02 Å². The fourth-order valence-electron chi connectivity index (χ4n) is 2.87. The van der Waals surface area contributed by atoms with E-state index in [4.69, 9.17) is 11.6 Å². The van der Waals surface area contributed by atoms with Crippen LogP contribution in [-0.4, -0.2) is 28.8 Å². The molecule has 2 N–H and O–H groups in total. The van der Waals surface area contributed by atoms with E-state index in [0.717, 1.165) is 5.56 Å². The number of alkyl halides is 2. The van der Waals surface area contributed by atoms with E-state index in [0.29, 0.717) is 12.1 Å². The third-order valence-electron chi connectivity index (χ3n) is 4.13. The minimum absolute atomic E-state index is 0.0108. The lowest BCUT2D eigenvalue weighted by Gasteiger charge is -2.16. The minimum Gasteiger partial charge on any atom is -0.334 e. The maximum Gasteiger partial charge on any atom is 0.322 e. The number of halogens is 3. The van der Waals surface area contributed by atoms with Crippen LogP contribution in [0.3, 0.4) is 0 Å². The molecule has 3 rings (SSSR count). The first-order valence-corrected chi connectivity index (χ1v) is 7.71. The van der Waals surface area contributed by atoms with Crippen LogP contribution >= 0.6 is 11.6 Å². The van der Waals surface area contributed by atoms with Gasteiger partial charge in [-0.3, -0.25) is 14.9 Å². The zero-order chi connectivity index (χ0) is 17.4. The summed E-state index contributed by atoms with van der Waals surface area (Å²) < 4.78 is 25.8. The highest BCUT2D eigenvalue weighted by Crippen LogP contribution is 2.34. The summed E-state index contributed by atoms with van der Waals surface area (Å²) in [5, 5.41) is 4.51. The molecule has 6 nitrogen and oxygen atoms in total. The molecule has 9 heteroatoms. The number of amides is 4. The molecule has 2 aliphatic rings. The number of hydrogen-bond donors (Lipinski definition) is 2. The lowest BCUT2D eigenvalue weighted by Crippen LogP contribution is -2.32. The predicted molar refractivity (Wildman–Crippen MR) is 80.4 cm³/mol. The molecule has 4 amide bonds. The maximum absolute atomic E-state index is 12.9. The van der Waals surface area contributed by atoms with Crippen molar-refractivity contribution >= 4 is 29.4 Å². The summed E-state index contributed by atoms with van der Waals surface area (Å²) in [4.78, 5) is 36.2. The van der Waals surface area contributed by atoms with Gasteiger partial charge in [0.05, 0.1) is 0 Å². The average molecular weight is 358 g/mol. The molecule has 0 spiro atoms. The molecule has 1 aromatic carbocycles. The van der Waals surface area contributed by atoms with Crippen LogP contribution in [0.15, 0.2) is 12.1 Å². The van der Waals surface area contributed by atoms with Gasteiger partial charge in [-0.2, -0.15) is 0 Å². The predicted octanol–water partition coefficient (Wildman–Crippen LogP) is 2.11. The number of rotatable bonds is 4. The van der Waals surface area contributed by atoms with E-state index in [9.17, 15) is 23.2 Å². The van der Waals surface area contributed by atoms with E-state index in [1.807, 2.05) is 0 Å². The second kappa shape index (κ2) is 6.35. The van der Waals surface area contributed by atoms with Crippen molar-refractivity contribution in [3.63, 3.8) is 0 Å². The second-order valence-electron chi connectivity index (χ2n) is 5.75. The van der Waals surface area contributed by atoms with Gasteiger partial charge in [0.15, 0.2) is 0 Å². The summed E-state index contributed by atoms with van der Waals surface area (Å²) in [7, 11) is 0. The Kier molecular flexibility index (Phi) is 4.40. The second-order valence-corrected chi connectivity index (χ2v) is 6.15. The van der Waals surface area contributed by atoms with Gasteiger partial charge in [0, 0.05) is 30.1 Å². The number of carbonyl (C=O) groups excluding carboxylic acids is 3. The largest absolute Gasteiger partial charge is 0.334 e. The van der Waals surface area contributed by atoms with Crippen LogP contribution in [0.5, 0.6) is 0 Å². The summed E-state index contributed by atoms with van der Waals surface area (Å²) in [5.41, 5.74) is 1.15. The Labute approximate surface area is 141 Å². The molecular weight excluding hydrogens is 344 g/mol. The molecule has 24 heavy (non-hydrogen) atoms. The SMILES string of the molecule is O=C1NC(=O)C(CCC(=O)N2Cc3cc(Cl)c(C(F)F)cc3C2)N1. The number of imide groups is 1. The molecule has 128 valence electrons. The van der Waals surface area contributed by atoms with Crippen LogP contribution in [0.1, 0.15) is 36.0 Å². The smallest absolute Gasteiger partial charge is 0.322 e. The molecule has 0 saturated carbocycles. The van der Waals surface area contributed by atoms with Crippen LogP contribution in [0, 0.1) is 0 Å². The monoisotopic (exact) mass is 357 g/mol. The molecule has 1 saturated heterocycles. The summed E-state index contributed by atoms with van der Waals surface area (Å²) in [6, 6.07) is 1.52. The fourth-order valence-corrected chi connectivity index (χ4v) is 3.14. The highest BCUT2D eigenvalue weighted by Gasteiger charge is 2.31. The molecule has 0 bridgehead atoms. The average Bonchev–Trinajstić information content (AvgIpc) is 3.06. The first-order chi connectivity index (χ1) is 11.3. The van der Waals surface area contributed by atoms with Crippen LogP contribution < -0.4 is 10.6 Å². The van der Waals surface area contributed by atoms with Crippen molar-refractivity contribution < 1.29 is 23.2 Å². The summed E-state index contributed by atoms with van der Waals surface area (Å²) in [6.07, 6.45) is -2.41. The molecule has 1 unspecified atom stereocenters. The van der Waals surface area contributed by atoms with Gasteiger partial charge in [-0.05, 0) is 29.7 Å². The lowest BCUT2D eigenvalue weighted by atomic mass is 10.1. The third-order valence-corrected chi connectivity index (χ3v) is 4.46. The van der Waals surface area contributed by atoms with Crippen LogP contribution in [-0.2, 0) is 22.7 Å². The quantitative estimate of drug-likeness (QED) is 0.810. The third kappa shape index (κ3) is 3.19. The van der Waals surface area contributed by atoms with E-state index in [-0.39, 0.29) is 35.9 Å². The number of carbonyl (C=O) groups is 3. The Balaban J connectivity index is 1.61. The van der Waals surface area contributed by atoms with Gasteiger partial charge in [-0.15, -0.1) is 0 Å². The Morgan fingerprint density at radius 1 is 1.29 bits per heavy atom. The Morgan fingerprint density at radius 3 is 2.54 bits per heavy atom. The molecule has 0 aliphatic carbocycles. The highest BCUT2D eigenvalue weighted by molar-refractivity contribution is 6.31. The van der Waals surface area contributed by atoms with Gasteiger partial charge < -0.3 is 10.2 Å². The van der Waals surface area contributed by atoms with Gasteiger partial charge in [0.1, 0.15) is 6.04 Å². The van der Waals surface area contributed by atoms with Crippen molar-refractivity contribution in [1.82, 2.24) is 15.5 Å². The minimum atomic E-state index is -2.67. The Hall–Kier alpha value is -2.22. The Bertz CT molecular complexity index is 726. The molecule has 0 aromatic heterocycles. The zero-order valence-corrected chi connectivity index (χ0v) is 13.2. The first-order valence-electron chi connectivity index (χ1n) is 7.33. The van der Waals surface area contributed by atoms with E-state index in [1.54, 1.807) is 0 Å². The van der Waals surface area contributed by atoms with Crippen LogP contribution in [0.4, 0.5) is 13.6 Å². The van der Waals surface area contributed by atoms with E-state index < -0.39 is 24.4 Å². The van der Waals surface area contributed by atoms with Crippen molar-refractivity contribution in [2.75, 3.05) is 0 Å². The van der Waals surface area contributed by atoms with E-state index >= 15 is 0 Å². The highest BCUT2D eigenvalue weighted by atomic mass is 35.5. The van der Waals surface area contributed by atoms with Crippen molar-refractivity contribution in [1.29, 1.82) is 0 Å². The normalized spacial score (nSPS) is 19.5. The number of hydrogen-bond acceptors (Lipinski definition) is 3. The molecule has 1 atom stereocenters. The standard InChI is InChI=1S/C15H14ClF2N3O3/c16-10-4-8-6-21(5-7(8)3-9(10)13(17)18)12(22)2-1-11-14(23)20-15(24)19-11/h3-4,11,13H,1-2,5-6H2,(H2,19,20,23,24). The van der Waals surface area contributed by atoms with Gasteiger partial charge in [-0.25, -0.2) is 13.6 Å². The van der Waals surface area contributed by atoms with Gasteiger partial charge >= 0.3 is 6.03 Å². The van der Waals surface area contributed by atoms with Crippen molar-refractivity contribution in [2.45, 2.75) is 38.4 Å². The Morgan fingerprint density at radius 2 is 1.96 bits per heavy atom. The number of nitrogens with zero attached hydrogens (tertiary/aromatic N) is 1. The zero-order valence-electron chi connectivity index (χ0n) is 12.4. The molecular formula is C15H14ClF2N3O3. The van der Waals surface area contributed by atoms with Gasteiger partial charge in [0.25, 0.3) is 12.3 Å². The fraction of sp³-hybridized carbons (Fsp3) is 0.400. The molecule has 1 aromatic rings. The van der Waals surface area contributed by atoms with Gasteiger partial charge in [0.2, 0.25) is 5.91 Å². The molecule has 1 fully saturated rings. The summed E-state index contributed by atoms with van der Waals surface area (Å²) in [6.45, 7) is 0.523. The molecule has 2 aliphatic heterocycles. The van der Waals surface area contributed by atoms with Crippen molar-refractivity contribution in [3.8, 4) is 0 Å². The van der Waals surface area contributed by atoms with Crippen LogP contribution in [0.25, 0.3) is 0 Å². The first kappa shape index (κ1) is 16.6. The van der Waals surface area contributed by atoms with E-state index in [2.05, 4.69) is 10.6 Å². The molecule has 2 heterocycles. The molecule has 0 radical (unpaired) electrons. The van der Waals surface area contributed by atoms with Crippen molar-refractivity contribution in [2.24, 2.45) is 0 Å². The number of nitrogens with one attached hydrogen (secondary N) is 2. The van der Waals surface area contributed by atoms with Crippen molar-refractivity contribution in [3.05, 3.63) is 33.8 Å². The topological polar surface area (TPSA) is 78.5 Å². The van der Waals surface area contributed by atoms with E-state index in [1.165, 1.54) is 17.0 Å². The van der Waals surface area contributed by atoms with Gasteiger partial charge in [-0.1, -0.05) is 11.6 Å². The number of benzene rings is 1.